The molecule has 0 aliphatic carbocycles. The minimum Gasteiger partial charge on any atom is -0.346 e. The number of anilines is 1. The molecule has 16 heavy (non-hydrogen) atoms. The van der Waals surface area contributed by atoms with Crippen LogP contribution in [0.5, 0.6) is 0 Å². The summed E-state index contributed by atoms with van der Waals surface area (Å²) in [4.78, 5) is 2.65. The van der Waals surface area contributed by atoms with Crippen molar-refractivity contribution in [2.75, 3.05) is 4.84 Å². The number of nitrogens with one attached hydrogen (secondary N) is 1. The van der Waals surface area contributed by atoms with Gasteiger partial charge in [-0.25, -0.2) is 0 Å². The predicted octanol–water partition coefficient (Wildman–Crippen LogP) is 4.66. The van der Waals surface area contributed by atoms with Crippen LogP contribution in [-0.4, -0.2) is 4.57 Å². The molecule has 1 aromatic heterocycles. The first kappa shape index (κ1) is 11.6. The average molecular weight is 257 g/mol. The first-order valence-corrected chi connectivity index (χ1v) is 6.17. The van der Waals surface area contributed by atoms with Gasteiger partial charge < -0.3 is 4.57 Å². The van der Waals surface area contributed by atoms with Gasteiger partial charge in [-0.15, -0.1) is 0 Å². The Morgan fingerprint density at radius 2 is 2.19 bits per heavy atom. The fourth-order valence-electron chi connectivity index (χ4n) is 1.89. The van der Waals surface area contributed by atoms with Gasteiger partial charge in [0, 0.05) is 29.9 Å². The van der Waals surface area contributed by atoms with E-state index >= 15 is 0 Å². The van der Waals surface area contributed by atoms with Crippen molar-refractivity contribution in [2.24, 2.45) is 0 Å². The second-order valence-electron chi connectivity index (χ2n) is 3.82. The molecule has 0 atom stereocenters. The Labute approximate surface area is 105 Å². The molecule has 0 amide bonds. The standard InChI is InChI=1S/C12H14Cl2N2/c1-2-3-7-16-8-9(13)12-10(15-14)5-4-6-11(12)16/h4-6,8,15H,2-3,7H2,1H3. The molecule has 0 radical (unpaired) electrons. The number of benzene rings is 1. The molecule has 2 nitrogen and oxygen atoms in total. The van der Waals surface area contributed by atoms with Gasteiger partial charge in [0.25, 0.3) is 0 Å². The second-order valence-corrected chi connectivity index (χ2v) is 4.41. The molecular weight excluding hydrogens is 243 g/mol. The van der Waals surface area contributed by atoms with Crippen LogP contribution in [-0.2, 0) is 6.54 Å². The van der Waals surface area contributed by atoms with E-state index in [0.717, 1.165) is 34.6 Å². The van der Waals surface area contributed by atoms with Crippen LogP contribution in [0.1, 0.15) is 19.8 Å². The molecule has 2 rings (SSSR count). The van der Waals surface area contributed by atoms with Crippen LogP contribution in [0, 0.1) is 0 Å². The van der Waals surface area contributed by atoms with E-state index in [1.807, 2.05) is 18.3 Å². The van der Waals surface area contributed by atoms with Gasteiger partial charge in [-0.05, 0) is 18.6 Å². The maximum Gasteiger partial charge on any atom is 0.0682 e. The Morgan fingerprint density at radius 3 is 2.88 bits per heavy atom. The third-order valence-corrected chi connectivity index (χ3v) is 3.20. The molecule has 0 fully saturated rings. The topological polar surface area (TPSA) is 17.0 Å². The molecule has 0 spiro atoms. The average Bonchev–Trinajstić information content (AvgIpc) is 2.64. The van der Waals surface area contributed by atoms with E-state index in [4.69, 9.17) is 23.4 Å². The fourth-order valence-corrected chi connectivity index (χ4v) is 2.37. The van der Waals surface area contributed by atoms with Gasteiger partial charge in [0.2, 0.25) is 0 Å². The zero-order chi connectivity index (χ0) is 11.5. The van der Waals surface area contributed by atoms with Crippen molar-refractivity contribution in [1.29, 1.82) is 0 Å². The SMILES string of the molecule is CCCCn1cc(Cl)c2c(NCl)cccc21. The number of hydrogen-bond donors (Lipinski definition) is 1. The molecule has 1 heterocycles. The van der Waals surface area contributed by atoms with E-state index in [0.29, 0.717) is 0 Å². The fraction of sp³-hybridized carbons (Fsp3) is 0.333. The lowest BCUT2D eigenvalue weighted by molar-refractivity contribution is 0.650. The lowest BCUT2D eigenvalue weighted by Crippen LogP contribution is -1.95. The van der Waals surface area contributed by atoms with E-state index in [-0.39, 0.29) is 0 Å². The molecule has 1 N–H and O–H groups in total. The number of fused-ring (bicyclic) bond motifs is 1. The molecule has 0 saturated carbocycles. The summed E-state index contributed by atoms with van der Waals surface area (Å²) in [6, 6.07) is 5.96. The van der Waals surface area contributed by atoms with Crippen LogP contribution in [0.25, 0.3) is 10.9 Å². The van der Waals surface area contributed by atoms with Gasteiger partial charge >= 0.3 is 0 Å². The lowest BCUT2D eigenvalue weighted by atomic mass is 10.2. The number of halogens is 2. The summed E-state index contributed by atoms with van der Waals surface area (Å²) in [6.07, 6.45) is 4.29. The summed E-state index contributed by atoms with van der Waals surface area (Å²) in [5, 5.41) is 1.74. The van der Waals surface area contributed by atoms with Crippen molar-refractivity contribution >= 4 is 40.0 Å². The number of hydrogen-bond acceptors (Lipinski definition) is 1. The second kappa shape index (κ2) is 4.98. The highest BCUT2D eigenvalue weighted by Gasteiger charge is 2.09. The van der Waals surface area contributed by atoms with Crippen LogP contribution in [0.15, 0.2) is 24.4 Å². The normalized spacial score (nSPS) is 10.9. The van der Waals surface area contributed by atoms with E-state index < -0.39 is 0 Å². The molecule has 86 valence electrons. The number of aromatic nitrogens is 1. The van der Waals surface area contributed by atoms with Crippen LogP contribution < -0.4 is 4.84 Å². The summed E-state index contributed by atoms with van der Waals surface area (Å²) in [5.74, 6) is 0. The lowest BCUT2D eigenvalue weighted by Gasteiger charge is -2.05. The molecule has 2 aromatic rings. The maximum atomic E-state index is 6.22. The number of rotatable bonds is 4. The summed E-state index contributed by atoms with van der Waals surface area (Å²) >= 11 is 11.9. The molecular formula is C12H14Cl2N2. The third kappa shape index (κ3) is 2.00. The monoisotopic (exact) mass is 256 g/mol. The molecule has 1 aromatic carbocycles. The molecule has 0 bridgehead atoms. The van der Waals surface area contributed by atoms with E-state index in [1.54, 1.807) is 0 Å². The van der Waals surface area contributed by atoms with Crippen molar-refractivity contribution in [1.82, 2.24) is 4.57 Å². The van der Waals surface area contributed by atoms with Crippen LogP contribution in [0.3, 0.4) is 0 Å². The Morgan fingerprint density at radius 1 is 1.38 bits per heavy atom. The molecule has 0 saturated heterocycles. The summed E-state index contributed by atoms with van der Waals surface area (Å²) in [5.41, 5.74) is 1.99. The van der Waals surface area contributed by atoms with Crippen molar-refractivity contribution in [3.63, 3.8) is 0 Å². The van der Waals surface area contributed by atoms with E-state index in [2.05, 4.69) is 22.4 Å². The number of nitrogens with zero attached hydrogens (tertiary/aromatic N) is 1. The van der Waals surface area contributed by atoms with Crippen LogP contribution in [0.2, 0.25) is 5.02 Å². The maximum absolute atomic E-state index is 6.22. The number of aryl methyl sites for hydroxylation is 1. The van der Waals surface area contributed by atoms with Crippen molar-refractivity contribution in [3.05, 3.63) is 29.4 Å². The highest BCUT2D eigenvalue weighted by molar-refractivity contribution is 6.37. The predicted molar refractivity (Wildman–Crippen MR) is 71.3 cm³/mol. The highest BCUT2D eigenvalue weighted by atomic mass is 35.5. The molecule has 0 aliphatic rings. The van der Waals surface area contributed by atoms with Crippen molar-refractivity contribution < 1.29 is 0 Å². The quantitative estimate of drug-likeness (QED) is 0.788. The minimum atomic E-state index is 0.745. The largest absolute Gasteiger partial charge is 0.346 e. The zero-order valence-electron chi connectivity index (χ0n) is 9.13. The van der Waals surface area contributed by atoms with Gasteiger partial charge in [0.15, 0.2) is 0 Å². The molecule has 0 unspecified atom stereocenters. The van der Waals surface area contributed by atoms with E-state index in [1.165, 1.54) is 6.42 Å². The Balaban J connectivity index is 2.53. The van der Waals surface area contributed by atoms with Gasteiger partial charge in [-0.3, -0.25) is 4.84 Å². The van der Waals surface area contributed by atoms with Gasteiger partial charge in [0.05, 0.1) is 16.2 Å². The molecule has 0 aliphatic heterocycles. The minimum absolute atomic E-state index is 0.745. The van der Waals surface area contributed by atoms with E-state index in [9.17, 15) is 0 Å². The van der Waals surface area contributed by atoms with Crippen molar-refractivity contribution in [2.45, 2.75) is 26.3 Å². The van der Waals surface area contributed by atoms with Gasteiger partial charge in [-0.2, -0.15) is 0 Å². The number of unbranched alkanes of at least 4 members (excludes halogenated alkanes) is 1. The Kier molecular flexibility index (Phi) is 3.62. The zero-order valence-corrected chi connectivity index (χ0v) is 10.6. The van der Waals surface area contributed by atoms with Gasteiger partial charge in [0.1, 0.15) is 0 Å². The van der Waals surface area contributed by atoms with Crippen LogP contribution >= 0.6 is 23.4 Å². The van der Waals surface area contributed by atoms with Crippen LogP contribution in [0.4, 0.5) is 5.69 Å². The Bertz CT molecular complexity index is 491. The summed E-state index contributed by atoms with van der Waals surface area (Å²) in [7, 11) is 0. The van der Waals surface area contributed by atoms with Gasteiger partial charge in [-0.1, -0.05) is 31.0 Å². The third-order valence-electron chi connectivity index (χ3n) is 2.71. The van der Waals surface area contributed by atoms with Crippen molar-refractivity contribution in [3.8, 4) is 0 Å². The molecule has 4 heteroatoms. The summed E-state index contributed by atoms with van der Waals surface area (Å²) in [6.45, 7) is 3.17. The Hall–Kier alpha value is -0.860. The summed E-state index contributed by atoms with van der Waals surface area (Å²) < 4.78 is 2.18. The smallest absolute Gasteiger partial charge is 0.0682 e. The highest BCUT2D eigenvalue weighted by Crippen LogP contribution is 2.32. The first-order chi connectivity index (χ1) is 7.77. The first-order valence-electron chi connectivity index (χ1n) is 5.42.